The minimum atomic E-state index is -4.17. The van der Waals surface area contributed by atoms with Crippen molar-refractivity contribution >= 4 is 96.4 Å². The summed E-state index contributed by atoms with van der Waals surface area (Å²) in [5.41, 5.74) is 8.36. The fourth-order valence-corrected chi connectivity index (χ4v) is 16.2. The predicted molar refractivity (Wildman–Crippen MR) is 407 cm³/mol. The number of anilines is 1. The van der Waals surface area contributed by atoms with Gasteiger partial charge >= 0.3 is 23.9 Å². The van der Waals surface area contributed by atoms with Gasteiger partial charge in [0.25, 0.3) is 20.2 Å². The van der Waals surface area contributed by atoms with Crippen molar-refractivity contribution in [3.63, 3.8) is 0 Å². The molecule has 3 aliphatic rings. The first-order chi connectivity index (χ1) is 49.9. The molecule has 0 radical (unpaired) electrons. The summed E-state index contributed by atoms with van der Waals surface area (Å²) in [6.45, 7) is 9.50. The Balaban J connectivity index is 1.08. The highest BCUT2D eigenvalue weighted by Crippen LogP contribution is 2.49. The van der Waals surface area contributed by atoms with Gasteiger partial charge in [-0.3, -0.25) is 33.1 Å². The van der Waals surface area contributed by atoms with E-state index >= 15 is 0 Å². The number of rotatable bonds is 45. The monoisotopic (exact) mass is 1500 g/mol. The Morgan fingerprint density at radius 1 is 0.590 bits per heavy atom. The molecule has 0 unspecified atom stereocenters. The highest BCUT2D eigenvalue weighted by atomic mass is 32.2. The average molecular weight is 1500 g/mol. The normalized spacial score (nSPS) is 16.7. The Hall–Kier alpha value is -8.56. The van der Waals surface area contributed by atoms with Gasteiger partial charge in [-0.15, -0.1) is 11.8 Å². The van der Waals surface area contributed by atoms with Crippen molar-refractivity contribution in [2.75, 3.05) is 41.8 Å². The number of Topliss-reactive ketones (excluding diaryl/α,β-unsaturated/α-hetero) is 2. The van der Waals surface area contributed by atoms with Gasteiger partial charge < -0.3 is 41.5 Å². The Bertz CT molecular complexity index is 4110. The van der Waals surface area contributed by atoms with Gasteiger partial charge in [-0.05, 0) is 131 Å². The Kier molecular flexibility index (Phi) is 32.1. The standard InChI is InChI=1S/C79H102N6O17S3/c1-78(2)61-34-17-19-36-66(61)84(47-21-23-49-104(97,98)99)69(78)44-40-57-31-25-32-58(41-45-70-79(3,4)62-35-18-20-37-67(62)85(70)48-22-24-50-105(100,101)102)73(57)103-54-65(76(94)95)82-74(91)59(51-55-27-11-9-12-28-55)53-68(87)64(52-56-29-13-10-14-30-56)81-71(88)38-16-8-6-5-7-15-33-60(86)42-43-63(75(92)93)83-77(96)80-46-26-39-72(89)90/h9-14,17-20,27-30,34-37,40-41,44-45,59,63-65H,5-8,15-16,21-26,31-33,38-39,42-43,46-54H2,1-4H3,(H8-,80,81,82,83,88,89,90,91,92,93,94,95,96,97,98,99,100,101,102)/p+1/t59-,63+,64+,65+/m1/s1. The molecule has 2 aliphatic heterocycles. The lowest BCUT2D eigenvalue weighted by molar-refractivity contribution is -0.438. The van der Waals surface area contributed by atoms with Crippen LogP contribution in [0.15, 0.2) is 155 Å². The molecule has 0 spiro atoms. The van der Waals surface area contributed by atoms with E-state index in [1.54, 1.807) is 0 Å². The number of urea groups is 1. The second kappa shape index (κ2) is 40.2. The molecule has 0 saturated heterocycles. The van der Waals surface area contributed by atoms with E-state index in [-0.39, 0.29) is 106 Å². The summed E-state index contributed by atoms with van der Waals surface area (Å²) in [5, 5.41) is 40.0. The number of carboxylic acids is 3. The molecule has 7 rings (SSSR count). The van der Waals surface area contributed by atoms with Crippen LogP contribution in [-0.2, 0) is 77.5 Å². The van der Waals surface area contributed by atoms with Crippen LogP contribution in [0.25, 0.3) is 0 Å². The summed E-state index contributed by atoms with van der Waals surface area (Å²) in [6, 6.07) is 29.8. The molecule has 4 aromatic rings. The smallest absolute Gasteiger partial charge is 0.327 e. The Morgan fingerprint density at radius 3 is 1.84 bits per heavy atom. The third kappa shape index (κ3) is 26.5. The predicted octanol–water partition coefficient (Wildman–Crippen LogP) is 11.9. The second-order valence-electron chi connectivity index (χ2n) is 28.3. The number of unbranched alkanes of at least 4 members (excludes halogenated alkanes) is 7. The first kappa shape index (κ1) is 83.7. The molecule has 1 aliphatic carbocycles. The number of para-hydroxylation sites is 2. The zero-order valence-electron chi connectivity index (χ0n) is 60.6. The zero-order chi connectivity index (χ0) is 76.3. The molecule has 0 aromatic heterocycles. The quantitative estimate of drug-likeness (QED) is 0.0113. The maximum atomic E-state index is 15.0. The molecular weight excluding hydrogens is 1400 g/mol. The van der Waals surface area contributed by atoms with Crippen LogP contribution >= 0.6 is 11.8 Å². The highest BCUT2D eigenvalue weighted by molar-refractivity contribution is 8.03. The number of nitrogens with zero attached hydrogens (tertiary/aromatic N) is 2. The lowest BCUT2D eigenvalue weighted by Gasteiger charge is -2.28. The highest BCUT2D eigenvalue weighted by Gasteiger charge is 2.45. The Morgan fingerprint density at radius 2 is 1.19 bits per heavy atom. The summed E-state index contributed by atoms with van der Waals surface area (Å²) < 4.78 is 68.4. The van der Waals surface area contributed by atoms with Crippen LogP contribution in [0.1, 0.15) is 178 Å². The molecule has 9 N–H and O–H groups in total. The molecule has 2 heterocycles. The van der Waals surface area contributed by atoms with Gasteiger partial charge in [0.1, 0.15) is 24.4 Å². The zero-order valence-corrected chi connectivity index (χ0v) is 63.0. The van der Waals surface area contributed by atoms with Gasteiger partial charge in [0.15, 0.2) is 11.5 Å². The molecule has 0 bridgehead atoms. The number of carbonyl (C=O) groups is 8. The maximum absolute atomic E-state index is 15.0. The molecule has 26 heteroatoms. The minimum absolute atomic E-state index is 0.0459. The molecule has 23 nitrogen and oxygen atoms in total. The molecule has 105 heavy (non-hydrogen) atoms. The van der Waals surface area contributed by atoms with Crippen molar-refractivity contribution in [3.05, 3.63) is 178 Å². The minimum Gasteiger partial charge on any atom is -0.481 e. The van der Waals surface area contributed by atoms with E-state index in [0.717, 1.165) is 86.8 Å². The first-order valence-corrected chi connectivity index (χ1v) is 40.5. The van der Waals surface area contributed by atoms with E-state index in [4.69, 9.17) is 5.11 Å². The van der Waals surface area contributed by atoms with Crippen LogP contribution in [0.2, 0.25) is 0 Å². The number of fused-ring (bicyclic) bond motifs is 2. The lowest BCUT2D eigenvalue weighted by Crippen LogP contribution is -2.48. The van der Waals surface area contributed by atoms with Gasteiger partial charge in [-0.1, -0.05) is 149 Å². The molecular formula is C79H103N6O17S3+. The number of hydrogen-bond donors (Lipinski definition) is 9. The third-order valence-corrected chi connectivity index (χ3v) is 22.4. The maximum Gasteiger partial charge on any atom is 0.327 e. The summed E-state index contributed by atoms with van der Waals surface area (Å²) in [5.74, 6) is -7.10. The largest absolute Gasteiger partial charge is 0.481 e. The van der Waals surface area contributed by atoms with Crippen LogP contribution in [0, 0.1) is 5.92 Å². The van der Waals surface area contributed by atoms with E-state index in [1.165, 1.54) is 11.8 Å². The van der Waals surface area contributed by atoms with Gasteiger partial charge in [-0.25, -0.2) is 14.4 Å². The van der Waals surface area contributed by atoms with Crippen molar-refractivity contribution < 1.29 is 84.2 Å². The van der Waals surface area contributed by atoms with Crippen molar-refractivity contribution in [3.8, 4) is 0 Å². The van der Waals surface area contributed by atoms with Crippen molar-refractivity contribution in [1.29, 1.82) is 0 Å². The van der Waals surface area contributed by atoms with Crippen LogP contribution in [0.3, 0.4) is 0 Å². The van der Waals surface area contributed by atoms with Gasteiger partial charge in [0, 0.05) is 103 Å². The van der Waals surface area contributed by atoms with Gasteiger partial charge in [-0.2, -0.15) is 21.4 Å². The number of amides is 4. The number of aliphatic carboxylic acids is 3. The topological polar surface area (TPSA) is 360 Å². The van der Waals surface area contributed by atoms with Gasteiger partial charge in [0.2, 0.25) is 17.5 Å². The van der Waals surface area contributed by atoms with Crippen LogP contribution in [0.4, 0.5) is 16.2 Å². The summed E-state index contributed by atoms with van der Waals surface area (Å²) in [7, 11) is -8.34. The molecule has 0 saturated carbocycles. The molecule has 4 aromatic carbocycles. The number of carboxylic acid groups (broad SMARTS) is 3. The molecule has 0 fully saturated rings. The fourth-order valence-electron chi connectivity index (χ4n) is 13.8. The van der Waals surface area contributed by atoms with Crippen molar-refractivity contribution in [1.82, 2.24) is 21.3 Å². The SMILES string of the molecule is CC1(C)C(=CC=C2CCCC(C=CC3=[N+](CCCCS(=O)(=O)O)c4ccccc4C3(C)C)=C2SC[C@H](NC(=O)[C@@H](CC(=O)[C@H](Cc2ccccc2)NC(=O)CCCCCCCCC(=O)CC[C@H](NC(=O)NCCCC(=O)O)C(=O)O)Cc2ccccc2)C(=O)O)N(CCCCS(=O)(=O)O)c2ccccc21. The lowest BCUT2D eigenvalue weighted by atomic mass is 9.81. The van der Waals surface area contributed by atoms with E-state index < -0.39 is 90.7 Å². The summed E-state index contributed by atoms with van der Waals surface area (Å²) in [6.07, 6.45) is 15.8. The number of allylic oxidation sites excluding steroid dienone is 7. The number of hydrogen-bond acceptors (Lipinski definition) is 14. The van der Waals surface area contributed by atoms with E-state index in [9.17, 15) is 74.5 Å². The number of nitrogens with one attached hydrogen (secondary N) is 4. The third-order valence-electron chi connectivity index (χ3n) is 19.5. The van der Waals surface area contributed by atoms with Crippen LogP contribution < -0.4 is 26.2 Å². The average Bonchev–Trinajstić information content (AvgIpc) is 1.60. The molecule has 568 valence electrons. The number of thioether (sulfide) groups is 1. The van der Waals surface area contributed by atoms with Crippen molar-refractivity contribution in [2.24, 2.45) is 5.92 Å². The number of carbonyl (C=O) groups excluding carboxylic acids is 5. The first-order valence-electron chi connectivity index (χ1n) is 36.3. The Labute approximate surface area is 621 Å². The van der Waals surface area contributed by atoms with E-state index in [0.29, 0.717) is 58.0 Å². The van der Waals surface area contributed by atoms with Crippen LogP contribution in [-0.4, -0.2) is 154 Å². The second-order valence-corrected chi connectivity index (χ2v) is 32.5. The number of ketones is 2. The molecule has 4 atom stereocenters. The fraction of sp³-hybridized carbons (Fsp3) is 0.481. The van der Waals surface area contributed by atoms with Crippen LogP contribution in [0.5, 0.6) is 0 Å². The van der Waals surface area contributed by atoms with E-state index in [1.807, 2.05) is 97.1 Å². The summed E-state index contributed by atoms with van der Waals surface area (Å²) in [4.78, 5) is 107. The molecule has 4 amide bonds. The van der Waals surface area contributed by atoms with E-state index in [2.05, 4.69) is 94.9 Å². The van der Waals surface area contributed by atoms with Gasteiger partial charge in [0.05, 0.1) is 23.0 Å². The number of benzene rings is 4. The van der Waals surface area contributed by atoms with Crippen molar-refractivity contribution in [2.45, 2.75) is 198 Å². The summed E-state index contributed by atoms with van der Waals surface area (Å²) >= 11 is 1.31.